The van der Waals surface area contributed by atoms with Gasteiger partial charge in [-0.25, -0.2) is 8.78 Å². The highest BCUT2D eigenvalue weighted by atomic mass is 35.5. The summed E-state index contributed by atoms with van der Waals surface area (Å²) in [5.74, 6) is -2.62. The van der Waals surface area contributed by atoms with Gasteiger partial charge in [0.25, 0.3) is 5.91 Å². The number of hydrogen-bond donors (Lipinski definition) is 1. The van der Waals surface area contributed by atoms with E-state index in [2.05, 4.69) is 10.3 Å². The molecule has 1 N–H and O–H groups in total. The molecule has 3 aromatic rings. The van der Waals surface area contributed by atoms with Crippen LogP contribution < -0.4 is 5.32 Å². The number of aryl methyl sites for hydroxylation is 1. The van der Waals surface area contributed by atoms with Crippen LogP contribution in [-0.4, -0.2) is 35.3 Å². The highest BCUT2D eigenvalue weighted by Gasteiger charge is 2.19. The van der Waals surface area contributed by atoms with Crippen LogP contribution in [0.15, 0.2) is 42.6 Å². The van der Waals surface area contributed by atoms with Gasteiger partial charge in [0.1, 0.15) is 11.6 Å². The molecule has 0 saturated heterocycles. The number of likely N-dealkylation sites (N-methyl/N-ethyl adjacent to an activating group) is 1. The van der Waals surface area contributed by atoms with Crippen molar-refractivity contribution in [3.63, 3.8) is 0 Å². The Morgan fingerprint density at radius 1 is 1.18 bits per heavy atom. The summed E-state index contributed by atoms with van der Waals surface area (Å²) in [4.78, 5) is 30.3. The second kappa shape index (κ2) is 7.90. The van der Waals surface area contributed by atoms with Crippen LogP contribution in [0.4, 0.5) is 14.5 Å². The maximum absolute atomic E-state index is 13.2. The first-order chi connectivity index (χ1) is 13.3. The number of benzene rings is 2. The third kappa shape index (κ3) is 4.09. The van der Waals surface area contributed by atoms with Gasteiger partial charge in [-0.15, -0.1) is 0 Å². The van der Waals surface area contributed by atoms with E-state index in [1.807, 2.05) is 6.07 Å². The molecule has 0 saturated carbocycles. The fourth-order valence-electron chi connectivity index (χ4n) is 2.86. The molecule has 0 fully saturated rings. The summed E-state index contributed by atoms with van der Waals surface area (Å²) in [5.41, 5.74) is 1.59. The Balaban J connectivity index is 1.76. The molecule has 2 aromatic carbocycles. The molecule has 8 heteroatoms. The Hall–Kier alpha value is -3.06. The zero-order chi connectivity index (χ0) is 20.4. The Kier molecular flexibility index (Phi) is 5.56. The van der Waals surface area contributed by atoms with Crippen molar-refractivity contribution in [2.45, 2.75) is 6.92 Å². The molecule has 28 heavy (non-hydrogen) atoms. The lowest BCUT2D eigenvalue weighted by molar-refractivity contribution is -0.116. The van der Waals surface area contributed by atoms with E-state index < -0.39 is 23.4 Å². The van der Waals surface area contributed by atoms with Gasteiger partial charge in [0, 0.05) is 30.4 Å². The third-order valence-corrected chi connectivity index (χ3v) is 4.53. The predicted octanol–water partition coefficient (Wildman–Crippen LogP) is 4.19. The molecule has 0 spiro atoms. The van der Waals surface area contributed by atoms with Crippen LogP contribution in [0.1, 0.15) is 15.9 Å². The van der Waals surface area contributed by atoms with Crippen LogP contribution >= 0.6 is 11.6 Å². The largest absolute Gasteiger partial charge is 0.332 e. The number of carbonyl (C=O) groups excluding carboxylic acids is 2. The Morgan fingerprint density at radius 3 is 2.54 bits per heavy atom. The standard InChI is InChI=1S/C20H16ClF2N3O2/c1-11-15-4-3-5-17(21)19(15)24-9-16(11)20(28)26(2)10-18(27)25-14-7-12(22)6-13(23)8-14/h3-9H,10H2,1-2H3,(H,25,27). The van der Waals surface area contributed by atoms with E-state index in [0.717, 1.165) is 17.5 Å². The molecule has 3 rings (SSSR count). The van der Waals surface area contributed by atoms with Gasteiger partial charge in [0.15, 0.2) is 0 Å². The molecular formula is C20H16ClF2N3O2. The Bertz CT molecular complexity index is 1070. The molecule has 0 atom stereocenters. The second-order valence-electron chi connectivity index (χ2n) is 6.30. The van der Waals surface area contributed by atoms with Crippen molar-refractivity contribution in [2.75, 3.05) is 18.9 Å². The lowest BCUT2D eigenvalue weighted by Gasteiger charge is -2.18. The van der Waals surface area contributed by atoms with E-state index in [-0.39, 0.29) is 12.2 Å². The third-order valence-electron chi connectivity index (χ3n) is 4.22. The van der Waals surface area contributed by atoms with Gasteiger partial charge in [0.05, 0.1) is 22.6 Å². The summed E-state index contributed by atoms with van der Waals surface area (Å²) in [7, 11) is 1.45. The number of rotatable bonds is 4. The number of hydrogen-bond acceptors (Lipinski definition) is 3. The van der Waals surface area contributed by atoms with E-state index in [9.17, 15) is 18.4 Å². The van der Waals surface area contributed by atoms with Crippen LogP contribution in [0.2, 0.25) is 5.02 Å². The van der Waals surface area contributed by atoms with E-state index in [1.165, 1.54) is 18.1 Å². The van der Waals surface area contributed by atoms with Gasteiger partial charge >= 0.3 is 0 Å². The number of carbonyl (C=O) groups is 2. The summed E-state index contributed by atoms with van der Waals surface area (Å²) in [6, 6.07) is 7.97. The van der Waals surface area contributed by atoms with Crippen LogP contribution in [0.3, 0.4) is 0 Å². The SMILES string of the molecule is Cc1c(C(=O)N(C)CC(=O)Nc2cc(F)cc(F)c2)cnc2c(Cl)cccc12. The molecule has 144 valence electrons. The van der Waals surface area contributed by atoms with Gasteiger partial charge < -0.3 is 10.2 Å². The Morgan fingerprint density at radius 2 is 1.86 bits per heavy atom. The van der Waals surface area contributed by atoms with Crippen molar-refractivity contribution in [3.05, 3.63) is 70.4 Å². The number of anilines is 1. The number of pyridine rings is 1. The van der Waals surface area contributed by atoms with Crippen LogP contribution in [0.5, 0.6) is 0 Å². The normalized spacial score (nSPS) is 10.8. The lowest BCUT2D eigenvalue weighted by atomic mass is 10.0. The van der Waals surface area contributed by atoms with Gasteiger partial charge in [-0.2, -0.15) is 0 Å². The molecule has 0 radical (unpaired) electrons. The van der Waals surface area contributed by atoms with Crippen LogP contribution in [0.25, 0.3) is 10.9 Å². The fraction of sp³-hybridized carbons (Fsp3) is 0.150. The quantitative estimate of drug-likeness (QED) is 0.710. The van der Waals surface area contributed by atoms with Crippen molar-refractivity contribution in [1.29, 1.82) is 0 Å². The number of aromatic nitrogens is 1. The lowest BCUT2D eigenvalue weighted by Crippen LogP contribution is -2.35. The van der Waals surface area contributed by atoms with E-state index >= 15 is 0 Å². The zero-order valence-corrected chi connectivity index (χ0v) is 15.8. The maximum Gasteiger partial charge on any atom is 0.255 e. The molecule has 0 bridgehead atoms. The van der Waals surface area contributed by atoms with E-state index in [0.29, 0.717) is 27.7 Å². The summed E-state index contributed by atoms with van der Waals surface area (Å²) in [6.07, 6.45) is 1.42. The molecule has 0 unspecified atom stereocenters. The molecule has 0 aliphatic carbocycles. The van der Waals surface area contributed by atoms with E-state index in [4.69, 9.17) is 11.6 Å². The van der Waals surface area contributed by atoms with E-state index in [1.54, 1.807) is 19.1 Å². The molecule has 5 nitrogen and oxygen atoms in total. The first-order valence-corrected chi connectivity index (χ1v) is 8.69. The minimum absolute atomic E-state index is 0.0263. The van der Waals surface area contributed by atoms with Crippen molar-refractivity contribution < 1.29 is 18.4 Å². The number of fused-ring (bicyclic) bond motifs is 1. The van der Waals surface area contributed by atoms with Crippen molar-refractivity contribution >= 4 is 40.0 Å². The highest BCUT2D eigenvalue weighted by Crippen LogP contribution is 2.26. The number of amides is 2. The van der Waals surface area contributed by atoms with Gasteiger partial charge in [0.2, 0.25) is 5.91 Å². The number of nitrogens with one attached hydrogen (secondary N) is 1. The van der Waals surface area contributed by atoms with Crippen molar-refractivity contribution in [1.82, 2.24) is 9.88 Å². The first kappa shape index (κ1) is 19.7. The topological polar surface area (TPSA) is 62.3 Å². The molecule has 2 amide bonds. The Labute approximate surface area is 164 Å². The van der Waals surface area contributed by atoms with Crippen molar-refractivity contribution in [2.24, 2.45) is 0 Å². The minimum atomic E-state index is -0.809. The summed E-state index contributed by atoms with van der Waals surface area (Å²) < 4.78 is 26.4. The summed E-state index contributed by atoms with van der Waals surface area (Å²) in [5, 5.41) is 3.59. The average Bonchev–Trinajstić information content (AvgIpc) is 2.61. The number of para-hydroxylation sites is 1. The van der Waals surface area contributed by atoms with Gasteiger partial charge in [-0.05, 0) is 30.7 Å². The zero-order valence-electron chi connectivity index (χ0n) is 15.1. The second-order valence-corrected chi connectivity index (χ2v) is 6.71. The maximum atomic E-state index is 13.2. The monoisotopic (exact) mass is 403 g/mol. The van der Waals surface area contributed by atoms with Gasteiger partial charge in [-0.1, -0.05) is 23.7 Å². The molecular weight excluding hydrogens is 388 g/mol. The minimum Gasteiger partial charge on any atom is -0.332 e. The van der Waals surface area contributed by atoms with Crippen molar-refractivity contribution in [3.8, 4) is 0 Å². The average molecular weight is 404 g/mol. The molecule has 0 aliphatic rings. The molecule has 1 aromatic heterocycles. The number of nitrogens with zero attached hydrogens (tertiary/aromatic N) is 2. The summed E-state index contributed by atoms with van der Waals surface area (Å²) in [6.45, 7) is 1.47. The smallest absolute Gasteiger partial charge is 0.255 e. The fourth-order valence-corrected chi connectivity index (χ4v) is 3.08. The molecule has 1 heterocycles. The predicted molar refractivity (Wildman–Crippen MR) is 103 cm³/mol. The van der Waals surface area contributed by atoms with Gasteiger partial charge in [-0.3, -0.25) is 14.6 Å². The highest BCUT2D eigenvalue weighted by molar-refractivity contribution is 6.35. The number of halogens is 3. The van der Waals surface area contributed by atoms with Crippen LogP contribution in [0, 0.1) is 18.6 Å². The summed E-state index contributed by atoms with van der Waals surface area (Å²) >= 11 is 6.13. The molecule has 0 aliphatic heterocycles. The first-order valence-electron chi connectivity index (χ1n) is 8.31. The van der Waals surface area contributed by atoms with Crippen LogP contribution in [-0.2, 0) is 4.79 Å².